The van der Waals surface area contributed by atoms with Crippen molar-refractivity contribution in [2.75, 3.05) is 0 Å². The van der Waals surface area contributed by atoms with E-state index >= 15 is 0 Å². The van der Waals surface area contributed by atoms with Crippen LogP contribution in [0, 0.1) is 5.82 Å². The van der Waals surface area contributed by atoms with Gasteiger partial charge in [0.05, 0.1) is 5.02 Å². The van der Waals surface area contributed by atoms with Gasteiger partial charge < -0.3 is 5.73 Å². The van der Waals surface area contributed by atoms with Gasteiger partial charge in [-0.25, -0.2) is 4.39 Å². The summed E-state index contributed by atoms with van der Waals surface area (Å²) in [5.41, 5.74) is 7.37. The summed E-state index contributed by atoms with van der Waals surface area (Å²) in [6.45, 7) is 0. The van der Waals surface area contributed by atoms with Crippen LogP contribution in [-0.4, -0.2) is 0 Å². The molecule has 64 valence electrons. The fraction of sp³-hybridized carbons (Fsp3) is 0.333. The molecule has 2 rings (SSSR count). The molecule has 3 heteroatoms. The number of halogens is 2. The number of rotatable bonds is 0. The van der Waals surface area contributed by atoms with Crippen molar-refractivity contribution < 1.29 is 4.39 Å². The molecule has 1 aromatic carbocycles. The second kappa shape index (κ2) is 2.71. The highest BCUT2D eigenvalue weighted by Crippen LogP contribution is 2.33. The number of hydrogen-bond donors (Lipinski definition) is 1. The smallest absolute Gasteiger partial charge is 0.145 e. The maximum absolute atomic E-state index is 13.3. The van der Waals surface area contributed by atoms with Crippen LogP contribution in [0.15, 0.2) is 12.1 Å². The van der Waals surface area contributed by atoms with E-state index in [9.17, 15) is 4.39 Å². The quantitative estimate of drug-likeness (QED) is 0.660. The zero-order valence-corrected chi connectivity index (χ0v) is 7.24. The van der Waals surface area contributed by atoms with E-state index in [1.54, 1.807) is 6.07 Å². The monoisotopic (exact) mass is 185 g/mol. The second-order valence-electron chi connectivity index (χ2n) is 3.07. The molecular formula is C9H9ClFN. The van der Waals surface area contributed by atoms with Crippen molar-refractivity contribution in [1.29, 1.82) is 0 Å². The Morgan fingerprint density at radius 3 is 3.00 bits per heavy atom. The average molecular weight is 186 g/mol. The van der Waals surface area contributed by atoms with Crippen LogP contribution in [0.2, 0.25) is 5.02 Å². The maximum Gasteiger partial charge on any atom is 0.145 e. The van der Waals surface area contributed by atoms with Crippen molar-refractivity contribution in [3.05, 3.63) is 34.1 Å². The minimum Gasteiger partial charge on any atom is -0.324 e. The Balaban J connectivity index is 2.60. The molecule has 0 radical (unpaired) electrons. The topological polar surface area (TPSA) is 26.0 Å². The van der Waals surface area contributed by atoms with Gasteiger partial charge in [-0.05, 0) is 30.0 Å². The fourth-order valence-electron chi connectivity index (χ4n) is 1.66. The van der Waals surface area contributed by atoms with Gasteiger partial charge in [0.15, 0.2) is 0 Å². The van der Waals surface area contributed by atoms with E-state index in [0.717, 1.165) is 12.0 Å². The Morgan fingerprint density at radius 1 is 1.50 bits per heavy atom. The van der Waals surface area contributed by atoms with E-state index in [1.165, 1.54) is 0 Å². The lowest BCUT2D eigenvalue weighted by molar-refractivity contribution is 0.613. The van der Waals surface area contributed by atoms with Crippen molar-refractivity contribution in [3.8, 4) is 0 Å². The molecule has 0 aliphatic heterocycles. The molecule has 1 aliphatic rings. The zero-order chi connectivity index (χ0) is 8.72. The van der Waals surface area contributed by atoms with E-state index < -0.39 is 0 Å². The molecule has 0 heterocycles. The second-order valence-corrected chi connectivity index (χ2v) is 3.48. The van der Waals surface area contributed by atoms with Crippen LogP contribution >= 0.6 is 11.6 Å². The van der Waals surface area contributed by atoms with Crippen molar-refractivity contribution in [1.82, 2.24) is 0 Å². The average Bonchev–Trinajstić information content (AvgIpc) is 2.41. The van der Waals surface area contributed by atoms with Crippen LogP contribution in [0.3, 0.4) is 0 Å². The highest BCUT2D eigenvalue weighted by molar-refractivity contribution is 6.30. The first kappa shape index (κ1) is 8.02. The molecule has 0 saturated heterocycles. The third kappa shape index (κ3) is 1.03. The first-order valence-corrected chi connectivity index (χ1v) is 4.30. The van der Waals surface area contributed by atoms with Crippen molar-refractivity contribution >= 4 is 11.6 Å². The Bertz CT molecular complexity index is 325. The predicted octanol–water partition coefficient (Wildman–Crippen LogP) is 2.43. The predicted molar refractivity (Wildman–Crippen MR) is 46.7 cm³/mol. The Labute approximate surface area is 75.3 Å². The van der Waals surface area contributed by atoms with Gasteiger partial charge in [-0.15, -0.1) is 0 Å². The van der Waals surface area contributed by atoms with Crippen LogP contribution in [0.25, 0.3) is 0 Å². The summed E-state index contributed by atoms with van der Waals surface area (Å²) in [5, 5.41) is 0.197. The van der Waals surface area contributed by atoms with Gasteiger partial charge in [0.25, 0.3) is 0 Å². The summed E-state index contributed by atoms with van der Waals surface area (Å²) in [6, 6.07) is 3.38. The molecule has 0 aromatic heterocycles. The highest BCUT2D eigenvalue weighted by Gasteiger charge is 2.23. The highest BCUT2D eigenvalue weighted by atomic mass is 35.5. The Kier molecular flexibility index (Phi) is 1.81. The molecule has 0 amide bonds. The van der Waals surface area contributed by atoms with Crippen molar-refractivity contribution in [2.45, 2.75) is 18.9 Å². The third-order valence-electron chi connectivity index (χ3n) is 2.34. The summed E-state index contributed by atoms with van der Waals surface area (Å²) in [5.74, 6) is -0.290. The summed E-state index contributed by atoms with van der Waals surface area (Å²) in [7, 11) is 0. The molecule has 2 N–H and O–H groups in total. The van der Waals surface area contributed by atoms with Gasteiger partial charge in [-0.1, -0.05) is 17.7 Å². The largest absolute Gasteiger partial charge is 0.324 e. The normalized spacial score (nSPS) is 21.1. The van der Waals surface area contributed by atoms with Gasteiger partial charge in [-0.2, -0.15) is 0 Å². The van der Waals surface area contributed by atoms with Crippen LogP contribution in [-0.2, 0) is 6.42 Å². The minimum absolute atomic E-state index is 0.00762. The molecule has 1 nitrogen and oxygen atoms in total. The van der Waals surface area contributed by atoms with E-state index in [1.807, 2.05) is 6.07 Å². The summed E-state index contributed by atoms with van der Waals surface area (Å²) in [4.78, 5) is 0. The minimum atomic E-state index is -0.290. The van der Waals surface area contributed by atoms with Crippen molar-refractivity contribution in [3.63, 3.8) is 0 Å². The molecular weight excluding hydrogens is 177 g/mol. The molecule has 1 aliphatic carbocycles. The van der Waals surface area contributed by atoms with Crippen LogP contribution in [0.1, 0.15) is 23.6 Å². The Hall–Kier alpha value is -0.600. The lowest BCUT2D eigenvalue weighted by atomic mass is 10.1. The van der Waals surface area contributed by atoms with Gasteiger partial charge in [-0.3, -0.25) is 0 Å². The lowest BCUT2D eigenvalue weighted by Gasteiger charge is -2.05. The third-order valence-corrected chi connectivity index (χ3v) is 2.63. The van der Waals surface area contributed by atoms with E-state index in [4.69, 9.17) is 17.3 Å². The molecule has 1 aromatic rings. The number of nitrogens with two attached hydrogens (primary N) is 1. The van der Waals surface area contributed by atoms with E-state index in [2.05, 4.69) is 0 Å². The molecule has 1 atom stereocenters. The standard InChI is InChI=1S/C9H9ClFN/c10-7-3-1-5-6(9(7)11)2-4-8(5)12/h1,3,8H,2,4,12H2/t8-/m1/s1. The molecule has 0 fully saturated rings. The lowest BCUT2D eigenvalue weighted by Crippen LogP contribution is -2.05. The van der Waals surface area contributed by atoms with Crippen LogP contribution < -0.4 is 5.73 Å². The van der Waals surface area contributed by atoms with E-state index in [-0.39, 0.29) is 16.9 Å². The summed E-state index contributed by atoms with van der Waals surface area (Å²) >= 11 is 5.62. The van der Waals surface area contributed by atoms with Gasteiger partial charge in [0, 0.05) is 6.04 Å². The van der Waals surface area contributed by atoms with Gasteiger partial charge in [0.2, 0.25) is 0 Å². The molecule has 0 spiro atoms. The first-order valence-electron chi connectivity index (χ1n) is 3.92. The zero-order valence-electron chi connectivity index (χ0n) is 6.48. The van der Waals surface area contributed by atoms with E-state index in [0.29, 0.717) is 12.0 Å². The molecule has 0 bridgehead atoms. The summed E-state index contributed by atoms with van der Waals surface area (Å²) < 4.78 is 13.3. The summed E-state index contributed by atoms with van der Waals surface area (Å²) in [6.07, 6.45) is 1.54. The number of fused-ring (bicyclic) bond motifs is 1. The van der Waals surface area contributed by atoms with Crippen LogP contribution in [0.5, 0.6) is 0 Å². The van der Waals surface area contributed by atoms with Crippen molar-refractivity contribution in [2.24, 2.45) is 5.73 Å². The van der Waals surface area contributed by atoms with Gasteiger partial charge in [0.1, 0.15) is 5.82 Å². The SMILES string of the molecule is N[C@@H]1CCc2c1ccc(Cl)c2F. The maximum atomic E-state index is 13.3. The fourth-order valence-corrected chi connectivity index (χ4v) is 1.84. The molecule has 0 saturated carbocycles. The number of benzene rings is 1. The first-order chi connectivity index (χ1) is 5.70. The number of hydrogen-bond acceptors (Lipinski definition) is 1. The molecule has 12 heavy (non-hydrogen) atoms. The molecule has 0 unspecified atom stereocenters. The van der Waals surface area contributed by atoms with Crippen LogP contribution in [0.4, 0.5) is 4.39 Å². The van der Waals surface area contributed by atoms with Gasteiger partial charge >= 0.3 is 0 Å². The Morgan fingerprint density at radius 2 is 2.25 bits per heavy atom.